The maximum Gasteiger partial charge on any atom is 0.224 e. The van der Waals surface area contributed by atoms with Crippen molar-refractivity contribution in [1.29, 1.82) is 0 Å². The first-order chi connectivity index (χ1) is 10.7. The van der Waals surface area contributed by atoms with Gasteiger partial charge in [-0.05, 0) is 37.0 Å². The highest BCUT2D eigenvalue weighted by Crippen LogP contribution is 2.28. The van der Waals surface area contributed by atoms with Crippen molar-refractivity contribution in [3.8, 4) is 0 Å². The van der Waals surface area contributed by atoms with Crippen LogP contribution in [0.3, 0.4) is 0 Å². The van der Waals surface area contributed by atoms with Crippen molar-refractivity contribution in [2.75, 3.05) is 26.3 Å². The van der Waals surface area contributed by atoms with E-state index in [0.717, 1.165) is 31.6 Å². The molecule has 1 N–H and O–H groups in total. The number of hydrogen-bond acceptors (Lipinski definition) is 3. The monoisotopic (exact) mass is 306 g/mol. The number of carbonyl (C=O) groups excluding carboxylic acids is 1. The Labute approximate surface area is 130 Å². The molecule has 1 atom stereocenters. The Hall–Kier alpha value is -1.46. The molecule has 5 heteroatoms. The Balaban J connectivity index is 1.54. The summed E-state index contributed by atoms with van der Waals surface area (Å²) in [6.45, 7) is 2.80. The minimum atomic E-state index is -0.217. The summed E-state index contributed by atoms with van der Waals surface area (Å²) in [6.07, 6.45) is 3.36. The van der Waals surface area contributed by atoms with Gasteiger partial charge in [0, 0.05) is 31.6 Å². The smallest absolute Gasteiger partial charge is 0.224 e. The fourth-order valence-electron chi connectivity index (χ4n) is 2.92. The molecule has 2 aliphatic rings. The molecule has 0 radical (unpaired) electrons. The Morgan fingerprint density at radius 3 is 2.95 bits per heavy atom. The average molecular weight is 306 g/mol. The number of carbonyl (C=O) groups is 1. The summed E-state index contributed by atoms with van der Waals surface area (Å²) in [5.74, 6) is -0.0349. The number of amides is 1. The van der Waals surface area contributed by atoms with Gasteiger partial charge in [-0.3, -0.25) is 4.79 Å². The van der Waals surface area contributed by atoms with E-state index in [9.17, 15) is 9.18 Å². The van der Waals surface area contributed by atoms with Crippen LogP contribution < -0.4 is 5.32 Å². The third kappa shape index (κ3) is 4.27. The molecule has 120 valence electrons. The zero-order chi connectivity index (χ0) is 15.4. The first-order valence-electron chi connectivity index (χ1n) is 8.07. The second-order valence-corrected chi connectivity index (χ2v) is 6.13. The Bertz CT molecular complexity index is 513. The van der Waals surface area contributed by atoms with Gasteiger partial charge in [-0.15, -0.1) is 0 Å². The summed E-state index contributed by atoms with van der Waals surface area (Å²) in [5.41, 5.74) is 0.942. The summed E-state index contributed by atoms with van der Waals surface area (Å²) >= 11 is 0. The fraction of sp³-hybridized carbons (Fsp3) is 0.588. The lowest BCUT2D eigenvalue weighted by Crippen LogP contribution is -2.46. The van der Waals surface area contributed by atoms with E-state index in [1.807, 2.05) is 11.0 Å². The lowest BCUT2D eigenvalue weighted by atomic mass is 10.1. The van der Waals surface area contributed by atoms with Gasteiger partial charge in [-0.25, -0.2) is 4.39 Å². The second kappa shape index (κ2) is 7.20. The van der Waals surface area contributed by atoms with Gasteiger partial charge in [0.15, 0.2) is 0 Å². The van der Waals surface area contributed by atoms with E-state index in [4.69, 9.17) is 4.74 Å². The van der Waals surface area contributed by atoms with Gasteiger partial charge in [0.25, 0.3) is 0 Å². The van der Waals surface area contributed by atoms with Crippen molar-refractivity contribution >= 4 is 5.91 Å². The van der Waals surface area contributed by atoms with Crippen molar-refractivity contribution in [2.24, 2.45) is 0 Å². The van der Waals surface area contributed by atoms with Crippen LogP contribution in [-0.2, 0) is 16.0 Å². The third-order valence-electron chi connectivity index (χ3n) is 4.26. The van der Waals surface area contributed by atoms with Crippen LogP contribution in [0.2, 0.25) is 0 Å². The van der Waals surface area contributed by atoms with E-state index in [1.165, 1.54) is 6.07 Å². The van der Waals surface area contributed by atoms with Crippen molar-refractivity contribution in [1.82, 2.24) is 10.2 Å². The van der Waals surface area contributed by atoms with Crippen LogP contribution in [0.5, 0.6) is 0 Å². The van der Waals surface area contributed by atoms with Crippen molar-refractivity contribution in [3.63, 3.8) is 0 Å². The minimum Gasteiger partial charge on any atom is -0.378 e. The molecule has 1 aromatic carbocycles. The van der Waals surface area contributed by atoms with E-state index in [0.29, 0.717) is 32.0 Å². The number of morpholine rings is 1. The van der Waals surface area contributed by atoms with Crippen LogP contribution in [0.1, 0.15) is 24.8 Å². The molecule has 1 aromatic rings. The van der Waals surface area contributed by atoms with E-state index in [1.54, 1.807) is 12.1 Å². The molecular formula is C17H23FN2O2. The summed E-state index contributed by atoms with van der Waals surface area (Å²) in [4.78, 5) is 14.5. The third-order valence-corrected chi connectivity index (χ3v) is 4.26. The number of ether oxygens (including phenoxy) is 1. The summed E-state index contributed by atoms with van der Waals surface area (Å²) in [7, 11) is 0. The molecule has 0 bridgehead atoms. The Morgan fingerprint density at radius 2 is 2.27 bits per heavy atom. The van der Waals surface area contributed by atoms with Crippen LogP contribution in [-0.4, -0.2) is 49.2 Å². The fourth-order valence-corrected chi connectivity index (χ4v) is 2.92. The summed E-state index contributed by atoms with van der Waals surface area (Å²) in [5, 5.41) is 3.32. The van der Waals surface area contributed by atoms with Crippen LogP contribution in [0.15, 0.2) is 24.3 Å². The number of halogens is 1. The second-order valence-electron chi connectivity index (χ2n) is 6.13. The minimum absolute atomic E-state index is 0.122. The highest BCUT2D eigenvalue weighted by Gasteiger charge is 2.33. The van der Waals surface area contributed by atoms with E-state index < -0.39 is 0 Å². The molecule has 1 heterocycles. The Morgan fingerprint density at radius 1 is 1.41 bits per heavy atom. The van der Waals surface area contributed by atoms with Crippen LogP contribution in [0.4, 0.5) is 4.39 Å². The molecule has 22 heavy (non-hydrogen) atoms. The van der Waals surface area contributed by atoms with Crippen molar-refractivity contribution in [3.05, 3.63) is 35.6 Å². The maximum atomic E-state index is 13.2. The predicted molar refractivity (Wildman–Crippen MR) is 82.1 cm³/mol. The Kier molecular flexibility index (Phi) is 5.05. The molecule has 1 unspecified atom stereocenters. The normalized spacial score (nSPS) is 21.6. The molecule has 4 nitrogen and oxygen atoms in total. The molecule has 0 spiro atoms. The zero-order valence-corrected chi connectivity index (χ0v) is 12.8. The zero-order valence-electron chi connectivity index (χ0n) is 12.8. The number of nitrogens with one attached hydrogen (secondary N) is 1. The molecule has 1 aliphatic heterocycles. The molecule has 1 saturated heterocycles. The van der Waals surface area contributed by atoms with Gasteiger partial charge in [0.2, 0.25) is 5.91 Å². The van der Waals surface area contributed by atoms with Gasteiger partial charge in [0.1, 0.15) is 5.82 Å². The highest BCUT2D eigenvalue weighted by atomic mass is 19.1. The first kappa shape index (κ1) is 15.4. The van der Waals surface area contributed by atoms with Crippen molar-refractivity contribution < 1.29 is 13.9 Å². The van der Waals surface area contributed by atoms with Gasteiger partial charge in [-0.1, -0.05) is 12.1 Å². The predicted octanol–water partition coefficient (Wildman–Crippen LogP) is 1.74. The molecular weight excluding hydrogens is 283 g/mol. The van der Waals surface area contributed by atoms with Crippen LogP contribution in [0, 0.1) is 5.82 Å². The number of benzene rings is 1. The van der Waals surface area contributed by atoms with Crippen molar-refractivity contribution in [2.45, 2.75) is 37.8 Å². The molecule has 1 aliphatic carbocycles. The van der Waals surface area contributed by atoms with Crippen LogP contribution in [0.25, 0.3) is 0 Å². The lowest BCUT2D eigenvalue weighted by Gasteiger charge is -2.28. The number of hydrogen-bond donors (Lipinski definition) is 1. The molecule has 1 saturated carbocycles. The van der Waals surface area contributed by atoms with Gasteiger partial charge >= 0.3 is 0 Å². The van der Waals surface area contributed by atoms with Gasteiger partial charge in [0.05, 0.1) is 13.2 Å². The first-order valence-corrected chi connectivity index (χ1v) is 8.07. The molecule has 3 rings (SSSR count). The highest BCUT2D eigenvalue weighted by molar-refractivity contribution is 5.77. The number of rotatable bonds is 6. The van der Waals surface area contributed by atoms with Gasteiger partial charge in [-0.2, -0.15) is 0 Å². The van der Waals surface area contributed by atoms with Gasteiger partial charge < -0.3 is 15.0 Å². The summed E-state index contributed by atoms with van der Waals surface area (Å²) < 4.78 is 18.6. The van der Waals surface area contributed by atoms with E-state index >= 15 is 0 Å². The van der Waals surface area contributed by atoms with E-state index in [2.05, 4.69) is 5.32 Å². The molecule has 0 aromatic heterocycles. The number of nitrogens with zero attached hydrogens (tertiary/aromatic N) is 1. The summed E-state index contributed by atoms with van der Waals surface area (Å²) in [6, 6.07) is 7.13. The maximum absolute atomic E-state index is 13.2. The largest absolute Gasteiger partial charge is 0.378 e. The quantitative estimate of drug-likeness (QED) is 0.870. The lowest BCUT2D eigenvalue weighted by molar-refractivity contribution is -0.133. The molecule has 2 fully saturated rings. The van der Waals surface area contributed by atoms with Crippen LogP contribution >= 0.6 is 0 Å². The molecule has 1 amide bonds. The topological polar surface area (TPSA) is 41.6 Å². The average Bonchev–Trinajstić information content (AvgIpc) is 3.33. The SMILES string of the molecule is O=C(CC1COCCN1)N(CCc1cccc(F)c1)C1CC1. The standard InChI is InChI=1S/C17H23FN2O2/c18-14-3-1-2-13(10-14)6-8-20(16-4-5-16)17(21)11-15-12-22-9-7-19-15/h1-3,10,15-16,19H,4-9,11-12H2. The van der Waals surface area contributed by atoms with E-state index in [-0.39, 0.29) is 17.8 Å².